The smallest absolute Gasteiger partial charge is 0.416 e. The molecule has 0 atom stereocenters. The van der Waals surface area contributed by atoms with Crippen molar-refractivity contribution in [1.82, 2.24) is 5.32 Å². The fourth-order valence-corrected chi connectivity index (χ4v) is 6.07. The first-order valence-electron chi connectivity index (χ1n) is 12.5. The monoisotopic (exact) mass is 517 g/mol. The van der Waals surface area contributed by atoms with Crippen molar-refractivity contribution >= 4 is 16.7 Å². The first kappa shape index (κ1) is 24.6. The number of hydrogen-bond donors (Lipinski definition) is 2. The van der Waals surface area contributed by atoms with Crippen LogP contribution in [-0.4, -0.2) is 31.3 Å². The van der Waals surface area contributed by atoms with Gasteiger partial charge >= 0.3 is 12.1 Å². The Balaban J connectivity index is 1.37. The molecule has 0 unspecified atom stereocenters. The van der Waals surface area contributed by atoms with Gasteiger partial charge < -0.3 is 15.2 Å². The van der Waals surface area contributed by atoms with E-state index in [2.05, 4.69) is 17.4 Å². The SMILES string of the molecule is COC1(c2ccc(-c3cc(C(=O)O)cc4cc(-c5ccc(C(F)(F)F)cc5)ccc34)cc2)CC2(CNC2)C1. The van der Waals surface area contributed by atoms with E-state index in [0.717, 1.165) is 60.1 Å². The fourth-order valence-electron chi connectivity index (χ4n) is 6.07. The van der Waals surface area contributed by atoms with E-state index in [0.29, 0.717) is 21.9 Å². The molecule has 1 heterocycles. The number of aromatic carboxylic acids is 1. The van der Waals surface area contributed by atoms with Crippen LogP contribution >= 0.6 is 0 Å². The molecule has 6 rings (SSSR count). The molecule has 194 valence electrons. The fraction of sp³-hybridized carbons (Fsp3) is 0.258. The summed E-state index contributed by atoms with van der Waals surface area (Å²) in [4.78, 5) is 12.0. The molecule has 1 spiro atoms. The lowest BCUT2D eigenvalue weighted by Crippen LogP contribution is -2.65. The molecule has 4 aromatic carbocycles. The van der Waals surface area contributed by atoms with E-state index in [-0.39, 0.29) is 11.2 Å². The van der Waals surface area contributed by atoms with E-state index in [1.165, 1.54) is 12.1 Å². The molecule has 2 N–H and O–H groups in total. The summed E-state index contributed by atoms with van der Waals surface area (Å²) in [6.07, 6.45) is -2.44. The van der Waals surface area contributed by atoms with E-state index < -0.39 is 17.7 Å². The van der Waals surface area contributed by atoms with Crippen molar-refractivity contribution in [2.24, 2.45) is 5.41 Å². The van der Waals surface area contributed by atoms with Crippen LogP contribution in [0.3, 0.4) is 0 Å². The lowest BCUT2D eigenvalue weighted by molar-refractivity contribution is -0.176. The Morgan fingerprint density at radius 1 is 0.868 bits per heavy atom. The normalized spacial score (nSPS) is 17.7. The lowest BCUT2D eigenvalue weighted by Gasteiger charge is -2.60. The Hall–Kier alpha value is -3.68. The highest BCUT2D eigenvalue weighted by molar-refractivity contribution is 6.04. The molecule has 0 amide bonds. The Kier molecular flexibility index (Phi) is 5.63. The number of carboxylic acids is 1. The number of halogens is 3. The Bertz CT molecular complexity index is 1530. The highest BCUT2D eigenvalue weighted by Crippen LogP contribution is 2.58. The molecule has 1 saturated heterocycles. The van der Waals surface area contributed by atoms with Crippen molar-refractivity contribution < 1.29 is 27.8 Å². The van der Waals surface area contributed by atoms with Crippen LogP contribution in [0.15, 0.2) is 78.9 Å². The summed E-state index contributed by atoms with van der Waals surface area (Å²) in [6, 6.07) is 21.9. The third-order valence-corrected chi connectivity index (χ3v) is 8.18. The van der Waals surface area contributed by atoms with E-state index in [9.17, 15) is 23.1 Å². The van der Waals surface area contributed by atoms with Gasteiger partial charge in [0, 0.05) is 25.6 Å². The zero-order valence-electron chi connectivity index (χ0n) is 20.7. The highest BCUT2D eigenvalue weighted by atomic mass is 19.4. The minimum Gasteiger partial charge on any atom is -0.478 e. The minimum absolute atomic E-state index is 0.146. The topological polar surface area (TPSA) is 58.6 Å². The number of hydrogen-bond acceptors (Lipinski definition) is 3. The molecular weight excluding hydrogens is 491 g/mol. The summed E-state index contributed by atoms with van der Waals surface area (Å²) in [5.41, 5.74) is 3.60. The Labute approximate surface area is 218 Å². The second-order valence-corrected chi connectivity index (χ2v) is 10.6. The maximum Gasteiger partial charge on any atom is 0.416 e. The molecule has 4 aromatic rings. The van der Waals surface area contributed by atoms with Gasteiger partial charge in [-0.05, 0) is 81.8 Å². The van der Waals surface area contributed by atoms with Crippen molar-refractivity contribution in [3.8, 4) is 22.3 Å². The summed E-state index contributed by atoms with van der Waals surface area (Å²) in [5, 5.41) is 14.7. The van der Waals surface area contributed by atoms with Crippen LogP contribution in [0.5, 0.6) is 0 Å². The summed E-state index contributed by atoms with van der Waals surface area (Å²) in [5.74, 6) is -1.04. The molecule has 38 heavy (non-hydrogen) atoms. The number of ether oxygens (including phenoxy) is 1. The summed E-state index contributed by atoms with van der Waals surface area (Å²) < 4.78 is 44.9. The number of benzene rings is 4. The average Bonchev–Trinajstić information content (AvgIpc) is 2.86. The van der Waals surface area contributed by atoms with Crippen molar-refractivity contribution in [3.63, 3.8) is 0 Å². The minimum atomic E-state index is -4.40. The van der Waals surface area contributed by atoms with Crippen LogP contribution in [-0.2, 0) is 16.5 Å². The van der Waals surface area contributed by atoms with Gasteiger partial charge in [0.2, 0.25) is 0 Å². The molecule has 7 heteroatoms. The number of fused-ring (bicyclic) bond motifs is 1. The van der Waals surface area contributed by atoms with Crippen molar-refractivity contribution in [2.45, 2.75) is 24.6 Å². The number of carbonyl (C=O) groups is 1. The van der Waals surface area contributed by atoms with Gasteiger partial charge in [0.1, 0.15) is 0 Å². The van der Waals surface area contributed by atoms with Crippen LogP contribution in [0.25, 0.3) is 33.0 Å². The Morgan fingerprint density at radius 2 is 1.50 bits per heavy atom. The first-order valence-corrected chi connectivity index (χ1v) is 12.5. The van der Waals surface area contributed by atoms with Gasteiger partial charge in [-0.15, -0.1) is 0 Å². The van der Waals surface area contributed by atoms with Gasteiger partial charge in [0.05, 0.1) is 16.7 Å². The van der Waals surface area contributed by atoms with Crippen molar-refractivity contribution in [1.29, 1.82) is 0 Å². The second-order valence-electron chi connectivity index (χ2n) is 10.6. The van der Waals surface area contributed by atoms with Gasteiger partial charge in [-0.25, -0.2) is 4.79 Å². The third-order valence-electron chi connectivity index (χ3n) is 8.18. The maximum atomic E-state index is 13.0. The molecule has 0 aromatic heterocycles. The van der Waals surface area contributed by atoms with Crippen LogP contribution < -0.4 is 5.32 Å². The molecule has 4 nitrogen and oxygen atoms in total. The van der Waals surface area contributed by atoms with Crippen LogP contribution in [0, 0.1) is 5.41 Å². The van der Waals surface area contributed by atoms with Crippen LogP contribution in [0.4, 0.5) is 13.2 Å². The third kappa shape index (κ3) is 4.06. The van der Waals surface area contributed by atoms with Crippen LogP contribution in [0.1, 0.15) is 34.3 Å². The second kappa shape index (κ2) is 8.68. The molecular formula is C31H26F3NO3. The van der Waals surface area contributed by atoms with E-state index in [1.807, 2.05) is 30.3 Å². The molecule has 2 fully saturated rings. The number of rotatable bonds is 5. The van der Waals surface area contributed by atoms with E-state index in [1.54, 1.807) is 19.2 Å². The molecule has 1 saturated carbocycles. The Morgan fingerprint density at radius 3 is 2.05 bits per heavy atom. The summed E-state index contributed by atoms with van der Waals surface area (Å²) in [7, 11) is 1.75. The van der Waals surface area contributed by atoms with Gasteiger partial charge in [-0.3, -0.25) is 0 Å². The number of nitrogens with one attached hydrogen (secondary N) is 1. The zero-order valence-corrected chi connectivity index (χ0v) is 20.7. The van der Waals surface area contributed by atoms with Gasteiger partial charge in [-0.1, -0.05) is 48.5 Å². The molecule has 2 aliphatic rings. The maximum absolute atomic E-state index is 13.0. The van der Waals surface area contributed by atoms with Crippen LogP contribution in [0.2, 0.25) is 0 Å². The molecule has 1 aliphatic heterocycles. The van der Waals surface area contributed by atoms with Crippen molar-refractivity contribution in [2.75, 3.05) is 20.2 Å². The summed E-state index contributed by atoms with van der Waals surface area (Å²) >= 11 is 0. The van der Waals surface area contributed by atoms with Crippen molar-refractivity contribution in [3.05, 3.63) is 95.6 Å². The predicted octanol–water partition coefficient (Wildman–Crippen LogP) is 7.12. The number of carboxylic acid groups (broad SMARTS) is 1. The van der Waals surface area contributed by atoms with E-state index >= 15 is 0 Å². The predicted molar refractivity (Wildman–Crippen MR) is 140 cm³/mol. The van der Waals surface area contributed by atoms with Gasteiger partial charge in [-0.2, -0.15) is 13.2 Å². The molecule has 1 aliphatic carbocycles. The quantitative estimate of drug-likeness (QED) is 0.296. The first-order chi connectivity index (χ1) is 18.1. The average molecular weight is 518 g/mol. The standard InChI is InChI=1S/C31H26F3NO3/c1-38-30(15-29(16-30)17-35-18-29)24-7-4-20(5-8-24)27-14-23(28(36)37)13-22-12-21(6-11-26(22)27)19-2-9-25(10-3-19)31(32,33)34/h2-14,35H,15-18H2,1H3,(H,36,37). The molecule has 0 bridgehead atoms. The van der Waals surface area contributed by atoms with Gasteiger partial charge in [0.25, 0.3) is 0 Å². The number of alkyl halides is 3. The molecule has 0 radical (unpaired) electrons. The largest absolute Gasteiger partial charge is 0.478 e. The number of methoxy groups -OCH3 is 1. The summed E-state index contributed by atoms with van der Waals surface area (Å²) in [6.45, 7) is 2.05. The lowest BCUT2D eigenvalue weighted by atomic mass is 9.54. The van der Waals surface area contributed by atoms with Gasteiger partial charge in [0.15, 0.2) is 0 Å². The zero-order chi connectivity index (χ0) is 26.7. The highest BCUT2D eigenvalue weighted by Gasteiger charge is 2.58. The van der Waals surface area contributed by atoms with E-state index in [4.69, 9.17) is 4.74 Å².